The number of nitrogens with one attached hydrogen (secondary N) is 1. The molecule has 0 fully saturated rings. The Labute approximate surface area is 119 Å². The van der Waals surface area contributed by atoms with Crippen LogP contribution in [0.3, 0.4) is 0 Å². The molecular formula is C15H23NO4. The zero-order valence-corrected chi connectivity index (χ0v) is 11.8. The van der Waals surface area contributed by atoms with E-state index in [0.29, 0.717) is 19.6 Å². The van der Waals surface area contributed by atoms with Gasteiger partial charge in [0.25, 0.3) is 0 Å². The standard InChI is InChI=1S/C15H23NO4/c1-20-11-5-10-16-13(8-9-14(17)18)15(19)12-6-3-2-4-7-12/h2-4,6-7,13,15-16,19H,5,8-11H2,1H3,(H,17,18). The molecule has 1 rings (SSSR count). The van der Waals surface area contributed by atoms with E-state index < -0.39 is 12.1 Å². The average Bonchev–Trinajstić information content (AvgIpc) is 2.46. The fraction of sp³-hybridized carbons (Fsp3) is 0.533. The predicted octanol–water partition coefficient (Wildman–Crippen LogP) is 1.58. The first kappa shape index (κ1) is 16.6. The van der Waals surface area contributed by atoms with Crippen molar-refractivity contribution in [1.82, 2.24) is 5.32 Å². The summed E-state index contributed by atoms with van der Waals surface area (Å²) in [6.45, 7) is 1.32. The molecule has 0 saturated carbocycles. The van der Waals surface area contributed by atoms with Crippen LogP contribution >= 0.6 is 0 Å². The van der Waals surface area contributed by atoms with Gasteiger partial charge in [0.2, 0.25) is 0 Å². The van der Waals surface area contributed by atoms with Crippen molar-refractivity contribution in [3.63, 3.8) is 0 Å². The summed E-state index contributed by atoms with van der Waals surface area (Å²) in [5.74, 6) is -0.853. The molecule has 5 nitrogen and oxygen atoms in total. The zero-order valence-electron chi connectivity index (χ0n) is 11.8. The molecule has 0 spiro atoms. The minimum absolute atomic E-state index is 0.0336. The van der Waals surface area contributed by atoms with Gasteiger partial charge in [-0.25, -0.2) is 0 Å². The van der Waals surface area contributed by atoms with E-state index in [1.54, 1.807) is 7.11 Å². The third-order valence-electron chi connectivity index (χ3n) is 3.12. The van der Waals surface area contributed by atoms with Crippen molar-refractivity contribution in [2.75, 3.05) is 20.3 Å². The number of methoxy groups -OCH3 is 1. The summed E-state index contributed by atoms with van der Waals surface area (Å²) in [5, 5.41) is 22.4. The molecule has 0 heterocycles. The van der Waals surface area contributed by atoms with Crippen molar-refractivity contribution in [1.29, 1.82) is 0 Å². The molecule has 0 radical (unpaired) electrons. The van der Waals surface area contributed by atoms with Crippen LogP contribution in [0, 0.1) is 0 Å². The number of benzene rings is 1. The van der Waals surface area contributed by atoms with Gasteiger partial charge in [0.05, 0.1) is 6.10 Å². The van der Waals surface area contributed by atoms with Gasteiger partial charge < -0.3 is 20.3 Å². The topological polar surface area (TPSA) is 78.8 Å². The Morgan fingerprint density at radius 3 is 2.65 bits per heavy atom. The van der Waals surface area contributed by atoms with E-state index in [9.17, 15) is 9.90 Å². The van der Waals surface area contributed by atoms with Crippen molar-refractivity contribution in [2.24, 2.45) is 0 Å². The summed E-state index contributed by atoms with van der Waals surface area (Å²) < 4.78 is 4.97. The number of aliphatic hydroxyl groups is 1. The molecule has 5 heteroatoms. The maximum atomic E-state index is 10.7. The number of carboxylic acid groups (broad SMARTS) is 1. The quantitative estimate of drug-likeness (QED) is 0.567. The second-order valence-electron chi connectivity index (χ2n) is 4.69. The van der Waals surface area contributed by atoms with Crippen LogP contribution in [0.4, 0.5) is 0 Å². The molecule has 1 aromatic carbocycles. The third-order valence-corrected chi connectivity index (χ3v) is 3.12. The summed E-state index contributed by atoms with van der Waals surface area (Å²) in [6.07, 6.45) is 0.532. The largest absolute Gasteiger partial charge is 0.481 e. The van der Waals surface area contributed by atoms with Crippen LogP contribution < -0.4 is 5.32 Å². The number of aliphatic hydroxyl groups excluding tert-OH is 1. The smallest absolute Gasteiger partial charge is 0.303 e. The number of ether oxygens (including phenoxy) is 1. The summed E-state index contributed by atoms with van der Waals surface area (Å²) in [6, 6.07) is 9.01. The second-order valence-corrected chi connectivity index (χ2v) is 4.69. The van der Waals surface area contributed by atoms with Gasteiger partial charge in [0, 0.05) is 26.2 Å². The van der Waals surface area contributed by atoms with E-state index >= 15 is 0 Å². The van der Waals surface area contributed by atoms with Gasteiger partial charge in [-0.2, -0.15) is 0 Å². The van der Waals surface area contributed by atoms with Crippen molar-refractivity contribution in [2.45, 2.75) is 31.4 Å². The highest BCUT2D eigenvalue weighted by Crippen LogP contribution is 2.19. The first-order valence-electron chi connectivity index (χ1n) is 6.82. The molecule has 0 aliphatic rings. The minimum atomic E-state index is -0.853. The van der Waals surface area contributed by atoms with Crippen LogP contribution in [0.1, 0.15) is 30.9 Å². The molecule has 112 valence electrons. The molecule has 2 atom stereocenters. The maximum absolute atomic E-state index is 10.7. The van der Waals surface area contributed by atoms with Crippen LogP contribution in [0.5, 0.6) is 0 Å². The van der Waals surface area contributed by atoms with Gasteiger partial charge in [-0.3, -0.25) is 4.79 Å². The molecule has 0 aliphatic carbocycles. The molecule has 0 bridgehead atoms. The highest BCUT2D eigenvalue weighted by atomic mass is 16.5. The maximum Gasteiger partial charge on any atom is 0.303 e. The van der Waals surface area contributed by atoms with Gasteiger partial charge in [-0.15, -0.1) is 0 Å². The van der Waals surface area contributed by atoms with Crippen LogP contribution in [0.25, 0.3) is 0 Å². The molecule has 0 aromatic heterocycles. The van der Waals surface area contributed by atoms with Crippen molar-refractivity contribution in [3.8, 4) is 0 Å². The van der Waals surface area contributed by atoms with E-state index in [0.717, 1.165) is 12.0 Å². The number of hydrogen-bond donors (Lipinski definition) is 3. The van der Waals surface area contributed by atoms with Gasteiger partial charge in [-0.1, -0.05) is 30.3 Å². The molecular weight excluding hydrogens is 258 g/mol. The Balaban J connectivity index is 2.58. The van der Waals surface area contributed by atoms with E-state index in [1.165, 1.54) is 0 Å². The molecule has 0 saturated heterocycles. The third kappa shape index (κ3) is 6.14. The Morgan fingerprint density at radius 1 is 1.35 bits per heavy atom. The number of aliphatic carboxylic acids is 1. The Morgan fingerprint density at radius 2 is 2.05 bits per heavy atom. The Hall–Kier alpha value is -1.43. The monoisotopic (exact) mass is 281 g/mol. The highest BCUT2D eigenvalue weighted by Gasteiger charge is 2.20. The van der Waals surface area contributed by atoms with E-state index in [4.69, 9.17) is 9.84 Å². The van der Waals surface area contributed by atoms with Crippen molar-refractivity contribution < 1.29 is 19.7 Å². The summed E-state index contributed by atoms with van der Waals surface area (Å²) in [7, 11) is 1.64. The van der Waals surface area contributed by atoms with Crippen molar-refractivity contribution >= 4 is 5.97 Å². The molecule has 0 amide bonds. The molecule has 0 aliphatic heterocycles. The fourth-order valence-corrected chi connectivity index (χ4v) is 2.04. The van der Waals surface area contributed by atoms with Gasteiger partial charge in [0.15, 0.2) is 0 Å². The van der Waals surface area contributed by atoms with Crippen molar-refractivity contribution in [3.05, 3.63) is 35.9 Å². The van der Waals surface area contributed by atoms with Crippen LogP contribution in [-0.2, 0) is 9.53 Å². The minimum Gasteiger partial charge on any atom is -0.481 e. The fourth-order valence-electron chi connectivity index (χ4n) is 2.04. The van der Waals surface area contributed by atoms with Gasteiger partial charge >= 0.3 is 5.97 Å². The molecule has 2 unspecified atom stereocenters. The van der Waals surface area contributed by atoms with E-state index in [2.05, 4.69) is 5.32 Å². The molecule has 3 N–H and O–H groups in total. The number of carbonyl (C=O) groups is 1. The Bertz CT molecular complexity index is 383. The summed E-state index contributed by atoms with van der Waals surface area (Å²) >= 11 is 0. The predicted molar refractivity (Wildman–Crippen MR) is 76.6 cm³/mol. The number of carboxylic acids is 1. The lowest BCUT2D eigenvalue weighted by Gasteiger charge is -2.24. The SMILES string of the molecule is COCCCNC(CCC(=O)O)C(O)c1ccccc1. The number of hydrogen-bond acceptors (Lipinski definition) is 4. The van der Waals surface area contributed by atoms with E-state index in [-0.39, 0.29) is 12.5 Å². The average molecular weight is 281 g/mol. The van der Waals surface area contributed by atoms with Crippen LogP contribution in [0.2, 0.25) is 0 Å². The molecule has 1 aromatic rings. The second kappa shape index (κ2) is 9.47. The number of rotatable bonds is 10. The lowest BCUT2D eigenvalue weighted by atomic mass is 9.98. The van der Waals surface area contributed by atoms with Crippen LogP contribution in [0.15, 0.2) is 30.3 Å². The van der Waals surface area contributed by atoms with Gasteiger partial charge in [-0.05, 0) is 24.9 Å². The highest BCUT2D eigenvalue weighted by molar-refractivity contribution is 5.66. The lowest BCUT2D eigenvalue weighted by molar-refractivity contribution is -0.137. The normalized spacial score (nSPS) is 13.9. The Kier molecular flexibility index (Phi) is 7.87. The zero-order chi connectivity index (χ0) is 14.8. The first-order chi connectivity index (χ1) is 9.65. The van der Waals surface area contributed by atoms with E-state index in [1.807, 2.05) is 30.3 Å². The summed E-state index contributed by atoms with van der Waals surface area (Å²) in [4.78, 5) is 10.7. The lowest BCUT2D eigenvalue weighted by Crippen LogP contribution is -2.36. The first-order valence-corrected chi connectivity index (χ1v) is 6.82. The van der Waals surface area contributed by atoms with Crippen LogP contribution in [-0.4, -0.2) is 42.5 Å². The summed E-state index contributed by atoms with van der Waals surface area (Å²) in [5.41, 5.74) is 0.794. The van der Waals surface area contributed by atoms with Gasteiger partial charge in [0.1, 0.15) is 0 Å². The molecule has 20 heavy (non-hydrogen) atoms.